The fourth-order valence-electron chi connectivity index (χ4n) is 1.40. The molecule has 0 saturated carbocycles. The van der Waals surface area contributed by atoms with Gasteiger partial charge in [0.05, 0.1) is 0 Å². The van der Waals surface area contributed by atoms with Crippen LogP contribution in [0, 0.1) is 0 Å². The van der Waals surface area contributed by atoms with Crippen LogP contribution in [-0.2, 0) is 14.2 Å². The molecular weight excluding hydrogens is 422 g/mol. The van der Waals surface area contributed by atoms with Crippen LogP contribution in [0.15, 0.2) is 12.0 Å². The quantitative estimate of drug-likeness (QED) is 0.608. The molecule has 26 heavy (non-hydrogen) atoms. The molecule has 0 spiro atoms. The highest BCUT2D eigenvalue weighted by Gasteiger charge is 2.87. The van der Waals surface area contributed by atoms with Gasteiger partial charge in [0.2, 0.25) is 0 Å². The van der Waals surface area contributed by atoms with Gasteiger partial charge < -0.3 is 9.47 Å². The predicted octanol–water partition coefficient (Wildman–Crippen LogP) is 4.80. The average molecular weight is 424 g/mol. The molecule has 0 N–H and O–H groups in total. The van der Waals surface area contributed by atoms with E-state index in [2.05, 4.69) is 9.47 Å². The van der Waals surface area contributed by atoms with Gasteiger partial charge in [-0.25, -0.2) is 9.13 Å². The fourth-order valence-corrected chi connectivity index (χ4v) is 1.40. The van der Waals surface area contributed by atoms with E-state index in [0.717, 1.165) is 0 Å². The number of hydrogen-bond donors (Lipinski definition) is 0. The van der Waals surface area contributed by atoms with Gasteiger partial charge in [0.25, 0.3) is 0 Å². The lowest BCUT2D eigenvalue weighted by atomic mass is 10.0. The lowest BCUT2D eigenvalue weighted by Crippen LogP contribution is -2.68. The molecule has 0 bridgehead atoms. The molecule has 0 aromatic carbocycles. The second kappa shape index (κ2) is 5.91. The first kappa shape index (κ1) is 22.4. The average Bonchev–Trinajstić information content (AvgIpc) is 2.78. The maximum absolute atomic E-state index is 13.6. The number of halogens is 14. The highest BCUT2D eigenvalue weighted by Crippen LogP contribution is 2.57. The van der Waals surface area contributed by atoms with Gasteiger partial charge in [0, 0.05) is 0 Å². The lowest BCUT2D eigenvalue weighted by Gasteiger charge is -2.38. The van der Waals surface area contributed by atoms with Gasteiger partial charge in [0.15, 0.2) is 6.61 Å². The van der Waals surface area contributed by atoms with E-state index >= 15 is 0 Å². The zero-order valence-corrected chi connectivity index (χ0v) is 11.2. The van der Waals surface area contributed by atoms with E-state index in [4.69, 9.17) is 0 Å². The summed E-state index contributed by atoms with van der Waals surface area (Å²) >= 11 is 0. The number of ether oxygens (including phenoxy) is 3. The van der Waals surface area contributed by atoms with Crippen LogP contribution in [0.5, 0.6) is 0 Å². The Morgan fingerprint density at radius 1 is 0.846 bits per heavy atom. The number of hydrogen-bond acceptors (Lipinski definition) is 3. The predicted molar refractivity (Wildman–Crippen MR) is 47.0 cm³/mol. The SMILES string of the molecule is FC(F)=C1OCC(F)(C(F)(F)OC(F)(F)C(F)(C(F)(F)F)C(F)(F)F)O1. The Hall–Kier alpha value is -1.68. The van der Waals surface area contributed by atoms with Gasteiger partial charge in [0.1, 0.15) is 0 Å². The molecular formula is C9H2F14O3. The minimum Gasteiger partial charge on any atom is -0.454 e. The molecule has 0 aromatic heterocycles. The first-order valence-electron chi connectivity index (χ1n) is 5.56. The van der Waals surface area contributed by atoms with Crippen LogP contribution in [0.2, 0.25) is 0 Å². The zero-order valence-electron chi connectivity index (χ0n) is 11.2. The summed E-state index contributed by atoms with van der Waals surface area (Å²) in [6.45, 7) is -2.42. The van der Waals surface area contributed by atoms with E-state index in [9.17, 15) is 61.5 Å². The maximum atomic E-state index is 13.6. The first-order chi connectivity index (χ1) is 11.2. The highest BCUT2D eigenvalue weighted by atomic mass is 19.4. The molecule has 1 unspecified atom stereocenters. The van der Waals surface area contributed by atoms with Crippen LogP contribution in [0.1, 0.15) is 0 Å². The zero-order chi connectivity index (χ0) is 21.0. The second-order valence-corrected chi connectivity index (χ2v) is 4.46. The number of alkyl halides is 12. The van der Waals surface area contributed by atoms with E-state index in [1.165, 1.54) is 0 Å². The molecule has 0 aliphatic carbocycles. The van der Waals surface area contributed by atoms with Gasteiger partial charge in [-0.05, 0) is 0 Å². The van der Waals surface area contributed by atoms with Crippen LogP contribution in [-0.4, -0.2) is 42.7 Å². The molecule has 1 aliphatic rings. The molecule has 1 rings (SSSR count). The van der Waals surface area contributed by atoms with Gasteiger partial charge >= 0.3 is 48.1 Å². The van der Waals surface area contributed by atoms with Crippen LogP contribution in [0.4, 0.5) is 61.5 Å². The Morgan fingerprint density at radius 2 is 1.27 bits per heavy atom. The van der Waals surface area contributed by atoms with Crippen LogP contribution in [0.25, 0.3) is 0 Å². The molecule has 3 nitrogen and oxygen atoms in total. The van der Waals surface area contributed by atoms with E-state index in [-0.39, 0.29) is 0 Å². The van der Waals surface area contributed by atoms with Crippen LogP contribution < -0.4 is 0 Å². The standard InChI is InChI=1S/C9H2F14O3/c10-2(11)3-24-1-4(12,25-3)8(20,21)26-9(22,23)5(13,6(14,15)16)7(17,18)19/h1H2. The van der Waals surface area contributed by atoms with Crippen molar-refractivity contribution in [2.24, 2.45) is 0 Å². The smallest absolute Gasteiger partial charge is 0.440 e. The third-order valence-electron chi connectivity index (χ3n) is 2.67. The first-order valence-corrected chi connectivity index (χ1v) is 5.56. The Morgan fingerprint density at radius 3 is 1.58 bits per heavy atom. The summed E-state index contributed by atoms with van der Waals surface area (Å²) in [5.41, 5.74) is -7.71. The molecule has 0 amide bonds. The van der Waals surface area contributed by atoms with Crippen molar-refractivity contribution in [2.75, 3.05) is 6.61 Å². The van der Waals surface area contributed by atoms with Crippen LogP contribution in [0.3, 0.4) is 0 Å². The van der Waals surface area contributed by atoms with Crippen molar-refractivity contribution < 1.29 is 75.7 Å². The molecule has 1 atom stereocenters. The van der Waals surface area contributed by atoms with Crippen LogP contribution >= 0.6 is 0 Å². The third-order valence-corrected chi connectivity index (χ3v) is 2.67. The summed E-state index contributed by atoms with van der Waals surface area (Å²) in [5.74, 6) is -7.56. The van der Waals surface area contributed by atoms with Gasteiger partial charge in [-0.1, -0.05) is 0 Å². The Bertz CT molecular complexity index is 559. The van der Waals surface area contributed by atoms with Crippen molar-refractivity contribution in [1.29, 1.82) is 0 Å². The molecule has 1 heterocycles. The van der Waals surface area contributed by atoms with Gasteiger partial charge in [-0.2, -0.15) is 57.1 Å². The van der Waals surface area contributed by atoms with E-state index < -0.39 is 54.7 Å². The van der Waals surface area contributed by atoms with Gasteiger partial charge in [-0.15, -0.1) is 0 Å². The molecule has 0 radical (unpaired) electrons. The monoisotopic (exact) mass is 424 g/mol. The minimum absolute atomic E-state index is 1.83. The summed E-state index contributed by atoms with van der Waals surface area (Å²) in [4.78, 5) is 0. The topological polar surface area (TPSA) is 27.7 Å². The minimum atomic E-state index is -7.71. The highest BCUT2D eigenvalue weighted by molar-refractivity contribution is 5.03. The Balaban J connectivity index is 3.31. The third kappa shape index (κ3) is 3.32. The van der Waals surface area contributed by atoms with E-state index in [1.807, 2.05) is 4.74 Å². The summed E-state index contributed by atoms with van der Waals surface area (Å²) in [5, 5.41) is 0. The Kier molecular flexibility index (Phi) is 5.09. The molecule has 17 heteroatoms. The Labute approximate surface area is 132 Å². The summed E-state index contributed by atoms with van der Waals surface area (Å²) in [7, 11) is 0. The molecule has 154 valence electrons. The molecule has 1 saturated heterocycles. The molecule has 0 aromatic rings. The van der Waals surface area contributed by atoms with E-state index in [0.29, 0.717) is 0 Å². The summed E-state index contributed by atoms with van der Waals surface area (Å²) in [6.07, 6.45) is -32.2. The van der Waals surface area contributed by atoms with Crippen molar-refractivity contribution >= 4 is 0 Å². The summed E-state index contributed by atoms with van der Waals surface area (Å²) in [6, 6.07) is 0. The van der Waals surface area contributed by atoms with Crippen molar-refractivity contribution in [1.82, 2.24) is 0 Å². The van der Waals surface area contributed by atoms with E-state index in [1.54, 1.807) is 0 Å². The second-order valence-electron chi connectivity index (χ2n) is 4.46. The summed E-state index contributed by atoms with van der Waals surface area (Å²) < 4.78 is 185. The molecule has 1 aliphatic heterocycles. The van der Waals surface area contributed by atoms with Crippen molar-refractivity contribution in [2.45, 2.75) is 36.1 Å². The number of rotatable bonds is 4. The lowest BCUT2D eigenvalue weighted by molar-refractivity contribution is -0.508. The normalized spacial score (nSPS) is 22.9. The fraction of sp³-hybridized carbons (Fsp3) is 0.778. The molecule has 1 fully saturated rings. The van der Waals surface area contributed by atoms with Crippen molar-refractivity contribution in [3.05, 3.63) is 12.0 Å². The maximum Gasteiger partial charge on any atom is 0.440 e. The van der Waals surface area contributed by atoms with Gasteiger partial charge in [-0.3, -0.25) is 0 Å². The van der Waals surface area contributed by atoms with Crippen molar-refractivity contribution in [3.63, 3.8) is 0 Å². The van der Waals surface area contributed by atoms with Crippen molar-refractivity contribution in [3.8, 4) is 0 Å². The largest absolute Gasteiger partial charge is 0.454 e.